The fraction of sp³-hybridized carbons (Fsp3) is 0.769. The molecule has 2 heteroatoms. The van der Waals surface area contributed by atoms with E-state index in [1.54, 1.807) is 6.08 Å². The first-order valence-corrected chi connectivity index (χ1v) is 6.01. The van der Waals surface area contributed by atoms with E-state index in [2.05, 4.69) is 13.8 Å². The standard InChI is InChI=1S/C13H20O2/c1-3-9-7-11(14)8-10-5-4-6-12(15)13(9,10)2/h8-9,12,15H,3-7H2,1-2H3/t9-,12?,13?/m0/s1. The number of hydrogen-bond acceptors (Lipinski definition) is 2. The lowest BCUT2D eigenvalue weighted by molar-refractivity contribution is -0.119. The molecule has 0 aromatic heterocycles. The monoisotopic (exact) mass is 208 g/mol. The number of fused-ring (bicyclic) bond motifs is 1. The van der Waals surface area contributed by atoms with E-state index in [-0.39, 0.29) is 17.3 Å². The van der Waals surface area contributed by atoms with Crippen molar-refractivity contribution in [2.24, 2.45) is 11.3 Å². The summed E-state index contributed by atoms with van der Waals surface area (Å²) in [5, 5.41) is 10.2. The van der Waals surface area contributed by atoms with Crippen molar-refractivity contribution in [1.82, 2.24) is 0 Å². The molecule has 1 N–H and O–H groups in total. The summed E-state index contributed by atoms with van der Waals surface area (Å²) in [7, 11) is 0. The smallest absolute Gasteiger partial charge is 0.155 e. The number of allylic oxidation sites excluding steroid dienone is 1. The van der Waals surface area contributed by atoms with Crippen LogP contribution >= 0.6 is 0 Å². The lowest BCUT2D eigenvalue weighted by Crippen LogP contribution is -2.46. The molecule has 2 aliphatic carbocycles. The number of hydrogen-bond donors (Lipinski definition) is 1. The first-order valence-electron chi connectivity index (χ1n) is 6.01. The van der Waals surface area contributed by atoms with Crippen LogP contribution in [0.1, 0.15) is 46.0 Å². The number of rotatable bonds is 1. The third kappa shape index (κ3) is 1.55. The van der Waals surface area contributed by atoms with Crippen molar-refractivity contribution in [2.45, 2.75) is 52.1 Å². The van der Waals surface area contributed by atoms with Crippen LogP contribution in [0.3, 0.4) is 0 Å². The highest BCUT2D eigenvalue weighted by Gasteiger charge is 2.47. The molecular formula is C13H20O2. The van der Waals surface area contributed by atoms with Gasteiger partial charge >= 0.3 is 0 Å². The van der Waals surface area contributed by atoms with E-state index in [4.69, 9.17) is 0 Å². The summed E-state index contributed by atoms with van der Waals surface area (Å²) >= 11 is 0. The predicted molar refractivity (Wildman–Crippen MR) is 59.5 cm³/mol. The molecule has 0 bridgehead atoms. The Hall–Kier alpha value is -0.630. The van der Waals surface area contributed by atoms with E-state index in [0.29, 0.717) is 12.3 Å². The van der Waals surface area contributed by atoms with Crippen LogP contribution in [0.4, 0.5) is 0 Å². The number of aliphatic hydroxyl groups is 1. The Balaban J connectivity index is 2.40. The zero-order valence-electron chi connectivity index (χ0n) is 9.62. The molecule has 0 saturated heterocycles. The summed E-state index contributed by atoms with van der Waals surface area (Å²) in [5.41, 5.74) is 1.07. The van der Waals surface area contributed by atoms with Crippen molar-refractivity contribution in [3.05, 3.63) is 11.6 Å². The Bertz CT molecular complexity index is 306. The quantitative estimate of drug-likeness (QED) is 0.718. The average Bonchev–Trinajstić information content (AvgIpc) is 2.20. The van der Waals surface area contributed by atoms with Crippen LogP contribution in [0.15, 0.2) is 11.6 Å². The zero-order chi connectivity index (χ0) is 11.1. The van der Waals surface area contributed by atoms with Gasteiger partial charge in [0, 0.05) is 11.8 Å². The molecule has 84 valence electrons. The molecule has 0 heterocycles. The molecule has 2 nitrogen and oxygen atoms in total. The second-order valence-corrected chi connectivity index (χ2v) is 5.14. The second kappa shape index (κ2) is 3.75. The normalized spacial score (nSPS) is 41.0. The van der Waals surface area contributed by atoms with Gasteiger partial charge in [-0.15, -0.1) is 0 Å². The molecular weight excluding hydrogens is 188 g/mol. The lowest BCUT2D eigenvalue weighted by atomic mass is 9.58. The van der Waals surface area contributed by atoms with Gasteiger partial charge in [0.2, 0.25) is 0 Å². The molecule has 2 aliphatic rings. The number of aliphatic hydroxyl groups excluding tert-OH is 1. The topological polar surface area (TPSA) is 37.3 Å². The Labute approximate surface area is 91.4 Å². The van der Waals surface area contributed by atoms with Gasteiger partial charge in [-0.05, 0) is 31.3 Å². The van der Waals surface area contributed by atoms with Crippen LogP contribution in [0.25, 0.3) is 0 Å². The van der Waals surface area contributed by atoms with Crippen molar-refractivity contribution in [3.8, 4) is 0 Å². The summed E-state index contributed by atoms with van der Waals surface area (Å²) in [6.07, 6.45) is 6.05. The predicted octanol–water partition coefficient (Wildman–Crippen LogP) is 2.46. The highest BCUT2D eigenvalue weighted by molar-refractivity contribution is 5.92. The van der Waals surface area contributed by atoms with Crippen LogP contribution in [0.5, 0.6) is 0 Å². The molecule has 3 atom stereocenters. The highest BCUT2D eigenvalue weighted by atomic mass is 16.3. The number of carbonyl (C=O) groups is 1. The van der Waals surface area contributed by atoms with E-state index in [0.717, 1.165) is 25.7 Å². The first-order chi connectivity index (χ1) is 7.09. The minimum absolute atomic E-state index is 0.124. The van der Waals surface area contributed by atoms with Crippen molar-refractivity contribution in [2.75, 3.05) is 0 Å². The van der Waals surface area contributed by atoms with E-state index >= 15 is 0 Å². The van der Waals surface area contributed by atoms with Gasteiger partial charge < -0.3 is 5.11 Å². The van der Waals surface area contributed by atoms with Crippen molar-refractivity contribution in [3.63, 3.8) is 0 Å². The van der Waals surface area contributed by atoms with Gasteiger partial charge in [-0.1, -0.05) is 25.8 Å². The maximum Gasteiger partial charge on any atom is 0.155 e. The summed E-state index contributed by atoms with van der Waals surface area (Å²) in [6, 6.07) is 0. The van der Waals surface area contributed by atoms with Gasteiger partial charge in [-0.3, -0.25) is 4.79 Å². The molecule has 2 unspecified atom stereocenters. The van der Waals surface area contributed by atoms with Crippen LogP contribution < -0.4 is 0 Å². The van der Waals surface area contributed by atoms with Gasteiger partial charge in [-0.2, -0.15) is 0 Å². The average molecular weight is 208 g/mol. The summed E-state index contributed by atoms with van der Waals surface area (Å²) in [5.74, 6) is 0.587. The highest BCUT2D eigenvalue weighted by Crippen LogP contribution is 2.50. The van der Waals surface area contributed by atoms with Gasteiger partial charge in [0.15, 0.2) is 5.78 Å². The Morgan fingerprint density at radius 1 is 1.60 bits per heavy atom. The van der Waals surface area contributed by atoms with Gasteiger partial charge in [0.25, 0.3) is 0 Å². The Morgan fingerprint density at radius 2 is 2.33 bits per heavy atom. The molecule has 0 spiro atoms. The molecule has 0 aliphatic heterocycles. The van der Waals surface area contributed by atoms with E-state index in [1.807, 2.05) is 0 Å². The largest absolute Gasteiger partial charge is 0.392 e. The van der Waals surface area contributed by atoms with Crippen molar-refractivity contribution < 1.29 is 9.90 Å². The van der Waals surface area contributed by atoms with Gasteiger partial charge in [-0.25, -0.2) is 0 Å². The number of ketones is 1. The molecule has 15 heavy (non-hydrogen) atoms. The summed E-state index contributed by atoms with van der Waals surface area (Å²) in [6.45, 7) is 4.26. The van der Waals surface area contributed by atoms with Crippen LogP contribution in [0.2, 0.25) is 0 Å². The zero-order valence-corrected chi connectivity index (χ0v) is 9.62. The maximum absolute atomic E-state index is 11.6. The van der Waals surface area contributed by atoms with Crippen LogP contribution in [0, 0.1) is 11.3 Å². The lowest BCUT2D eigenvalue weighted by Gasteiger charge is -2.48. The van der Waals surface area contributed by atoms with Gasteiger partial charge in [0.05, 0.1) is 6.10 Å². The van der Waals surface area contributed by atoms with Crippen molar-refractivity contribution in [1.29, 1.82) is 0 Å². The van der Waals surface area contributed by atoms with E-state index in [1.165, 1.54) is 5.57 Å². The fourth-order valence-corrected chi connectivity index (χ4v) is 3.31. The molecule has 0 aromatic carbocycles. The molecule has 1 fully saturated rings. The van der Waals surface area contributed by atoms with Gasteiger partial charge in [0.1, 0.15) is 0 Å². The summed E-state index contributed by atoms with van der Waals surface area (Å²) in [4.78, 5) is 11.6. The minimum Gasteiger partial charge on any atom is -0.392 e. The first kappa shape index (κ1) is 10.9. The molecule has 2 rings (SSSR count). The molecule has 0 amide bonds. The third-order valence-corrected chi connectivity index (χ3v) is 4.43. The summed E-state index contributed by atoms with van der Waals surface area (Å²) < 4.78 is 0. The van der Waals surface area contributed by atoms with E-state index < -0.39 is 0 Å². The van der Waals surface area contributed by atoms with Crippen LogP contribution in [-0.2, 0) is 4.79 Å². The maximum atomic E-state index is 11.6. The molecule has 0 radical (unpaired) electrons. The minimum atomic E-state index is -0.254. The molecule has 1 saturated carbocycles. The third-order valence-electron chi connectivity index (χ3n) is 4.43. The Kier molecular flexibility index (Phi) is 2.72. The SMILES string of the molecule is CC[C@H]1CC(=O)C=C2CCCC(O)C21C. The molecule has 0 aromatic rings. The second-order valence-electron chi connectivity index (χ2n) is 5.14. The van der Waals surface area contributed by atoms with Crippen molar-refractivity contribution >= 4 is 5.78 Å². The Morgan fingerprint density at radius 3 is 3.00 bits per heavy atom. The van der Waals surface area contributed by atoms with E-state index in [9.17, 15) is 9.90 Å². The van der Waals surface area contributed by atoms with Crippen LogP contribution in [-0.4, -0.2) is 17.0 Å². The number of carbonyl (C=O) groups excluding carboxylic acids is 1. The fourth-order valence-electron chi connectivity index (χ4n) is 3.31.